The number of aryl methyl sites for hydroxylation is 1. The average Bonchev–Trinajstić information content (AvgIpc) is 2.33. The molecule has 17 heavy (non-hydrogen) atoms. The van der Waals surface area contributed by atoms with Gasteiger partial charge in [-0.05, 0) is 38.3 Å². The number of aromatic nitrogens is 1. The van der Waals surface area contributed by atoms with Gasteiger partial charge in [-0.3, -0.25) is 0 Å². The number of pyridine rings is 1. The lowest BCUT2D eigenvalue weighted by Crippen LogP contribution is -2.04. The zero-order valence-electron chi connectivity index (χ0n) is 10.5. The smallest absolute Gasteiger partial charge is 0.127 e. The van der Waals surface area contributed by atoms with Crippen molar-refractivity contribution in [3.8, 4) is 6.07 Å². The number of nitrogens with one attached hydrogen (secondary N) is 1. The molecule has 0 atom stereocenters. The molecular weight excluding hydrogens is 214 g/mol. The lowest BCUT2D eigenvalue weighted by molar-refractivity contribution is 0.192. The van der Waals surface area contributed by atoms with Crippen molar-refractivity contribution in [2.75, 3.05) is 25.6 Å². The van der Waals surface area contributed by atoms with Crippen LogP contribution in [0.25, 0.3) is 0 Å². The van der Waals surface area contributed by atoms with E-state index in [1.807, 2.05) is 6.92 Å². The third kappa shape index (κ3) is 5.32. The molecule has 1 heterocycles. The molecule has 0 saturated heterocycles. The molecule has 1 aromatic rings. The molecule has 0 radical (unpaired) electrons. The van der Waals surface area contributed by atoms with Gasteiger partial charge in [0.25, 0.3) is 0 Å². The molecule has 0 saturated carbocycles. The second-order valence-electron chi connectivity index (χ2n) is 3.97. The third-order valence-electron chi connectivity index (χ3n) is 2.41. The Bertz CT molecular complexity index is 385. The van der Waals surface area contributed by atoms with Gasteiger partial charge in [-0.25, -0.2) is 4.98 Å². The Balaban J connectivity index is 2.32. The van der Waals surface area contributed by atoms with Gasteiger partial charge < -0.3 is 10.1 Å². The molecule has 92 valence electrons. The lowest BCUT2D eigenvalue weighted by Gasteiger charge is -2.06. The van der Waals surface area contributed by atoms with Crippen LogP contribution >= 0.6 is 0 Å². The highest BCUT2D eigenvalue weighted by Gasteiger charge is 1.98. The van der Waals surface area contributed by atoms with Crippen molar-refractivity contribution in [3.63, 3.8) is 0 Å². The Labute approximate surface area is 103 Å². The summed E-state index contributed by atoms with van der Waals surface area (Å²) in [6.07, 6.45) is 3.31. The zero-order chi connectivity index (χ0) is 12.5. The van der Waals surface area contributed by atoms with E-state index in [1.165, 1.54) is 0 Å². The van der Waals surface area contributed by atoms with Gasteiger partial charge in [0.2, 0.25) is 0 Å². The van der Waals surface area contributed by atoms with E-state index in [9.17, 15) is 0 Å². The molecule has 0 amide bonds. The number of ether oxygens (including phenoxy) is 1. The summed E-state index contributed by atoms with van der Waals surface area (Å²) in [5.74, 6) is 0.785. The molecule has 1 aromatic heterocycles. The number of nitrogens with zero attached hydrogens (tertiary/aromatic N) is 2. The van der Waals surface area contributed by atoms with Crippen LogP contribution in [0, 0.1) is 18.3 Å². The van der Waals surface area contributed by atoms with Crippen molar-refractivity contribution in [1.82, 2.24) is 4.98 Å². The molecule has 0 aliphatic carbocycles. The number of hydrogen-bond donors (Lipinski definition) is 1. The summed E-state index contributed by atoms with van der Waals surface area (Å²) < 4.78 is 4.98. The summed E-state index contributed by atoms with van der Waals surface area (Å²) in [6, 6.07) is 5.69. The van der Waals surface area contributed by atoms with Gasteiger partial charge in [-0.2, -0.15) is 5.26 Å². The molecular formula is C13H19N3O. The fourth-order valence-corrected chi connectivity index (χ4v) is 1.59. The minimum absolute atomic E-state index is 0.652. The average molecular weight is 233 g/mol. The molecule has 0 bridgehead atoms. The van der Waals surface area contributed by atoms with E-state index < -0.39 is 0 Å². The van der Waals surface area contributed by atoms with Gasteiger partial charge in [0.15, 0.2) is 0 Å². The summed E-state index contributed by atoms with van der Waals surface area (Å²) in [4.78, 5) is 4.33. The summed E-state index contributed by atoms with van der Waals surface area (Å²) in [5, 5.41) is 12.1. The summed E-state index contributed by atoms with van der Waals surface area (Å²) in [5.41, 5.74) is 1.52. The van der Waals surface area contributed by atoms with Crippen LogP contribution in [0.1, 0.15) is 30.5 Å². The molecule has 0 aliphatic rings. The van der Waals surface area contributed by atoms with Crippen molar-refractivity contribution in [2.24, 2.45) is 0 Å². The van der Waals surface area contributed by atoms with Crippen molar-refractivity contribution in [2.45, 2.75) is 26.2 Å². The van der Waals surface area contributed by atoms with E-state index in [2.05, 4.69) is 16.4 Å². The van der Waals surface area contributed by atoms with Crippen LogP contribution in [0.3, 0.4) is 0 Å². The van der Waals surface area contributed by atoms with E-state index in [0.717, 1.165) is 43.9 Å². The Morgan fingerprint density at radius 2 is 2.18 bits per heavy atom. The first-order chi connectivity index (χ1) is 8.26. The SMILES string of the molecule is COCCCCCNc1cc(C#N)cc(C)n1. The molecule has 1 N–H and O–H groups in total. The van der Waals surface area contributed by atoms with Crippen molar-refractivity contribution in [3.05, 3.63) is 23.4 Å². The highest BCUT2D eigenvalue weighted by molar-refractivity contribution is 5.44. The molecule has 0 unspecified atom stereocenters. The quantitative estimate of drug-likeness (QED) is 0.735. The predicted octanol–water partition coefficient (Wildman–Crippen LogP) is 2.49. The zero-order valence-corrected chi connectivity index (χ0v) is 10.5. The number of hydrogen-bond acceptors (Lipinski definition) is 4. The highest BCUT2D eigenvalue weighted by atomic mass is 16.5. The van der Waals surface area contributed by atoms with Crippen LogP contribution in [0.5, 0.6) is 0 Å². The Morgan fingerprint density at radius 3 is 2.88 bits per heavy atom. The first kappa shape index (κ1) is 13.5. The van der Waals surface area contributed by atoms with Crippen molar-refractivity contribution in [1.29, 1.82) is 5.26 Å². The second kappa shape index (κ2) is 7.64. The van der Waals surface area contributed by atoms with Crippen LogP contribution in [0.2, 0.25) is 0 Å². The van der Waals surface area contributed by atoms with Crippen LogP contribution in [0.15, 0.2) is 12.1 Å². The van der Waals surface area contributed by atoms with Crippen LogP contribution in [-0.2, 0) is 4.74 Å². The predicted molar refractivity (Wildman–Crippen MR) is 67.9 cm³/mol. The maximum Gasteiger partial charge on any atom is 0.127 e. The van der Waals surface area contributed by atoms with E-state index in [4.69, 9.17) is 10.00 Å². The standard InChI is InChI=1S/C13H19N3O/c1-11-8-12(10-14)9-13(16-11)15-6-4-3-5-7-17-2/h8-9H,3-7H2,1-2H3,(H,15,16). The van der Waals surface area contributed by atoms with E-state index in [-0.39, 0.29) is 0 Å². The fraction of sp³-hybridized carbons (Fsp3) is 0.538. The second-order valence-corrected chi connectivity index (χ2v) is 3.97. The minimum Gasteiger partial charge on any atom is -0.385 e. The third-order valence-corrected chi connectivity index (χ3v) is 2.41. The van der Waals surface area contributed by atoms with Gasteiger partial charge >= 0.3 is 0 Å². The maximum atomic E-state index is 8.84. The molecule has 0 aromatic carbocycles. The Hall–Kier alpha value is -1.60. The van der Waals surface area contributed by atoms with Gasteiger partial charge in [-0.15, -0.1) is 0 Å². The summed E-state index contributed by atoms with van der Waals surface area (Å²) in [7, 11) is 1.72. The topological polar surface area (TPSA) is 57.9 Å². The van der Waals surface area contributed by atoms with Gasteiger partial charge in [0, 0.05) is 26.0 Å². The highest BCUT2D eigenvalue weighted by Crippen LogP contribution is 2.09. The minimum atomic E-state index is 0.652. The largest absolute Gasteiger partial charge is 0.385 e. The molecule has 4 heteroatoms. The Morgan fingerprint density at radius 1 is 1.35 bits per heavy atom. The molecule has 4 nitrogen and oxygen atoms in total. The first-order valence-electron chi connectivity index (χ1n) is 5.88. The number of unbranched alkanes of at least 4 members (excludes halogenated alkanes) is 2. The monoisotopic (exact) mass is 233 g/mol. The van der Waals surface area contributed by atoms with E-state index >= 15 is 0 Å². The van der Waals surface area contributed by atoms with Gasteiger partial charge in [0.1, 0.15) is 5.82 Å². The van der Waals surface area contributed by atoms with Gasteiger partial charge in [0.05, 0.1) is 11.6 Å². The molecule has 0 fully saturated rings. The number of rotatable bonds is 7. The summed E-state index contributed by atoms with van der Waals surface area (Å²) in [6.45, 7) is 3.59. The van der Waals surface area contributed by atoms with Crippen molar-refractivity contribution < 1.29 is 4.74 Å². The number of methoxy groups -OCH3 is 1. The van der Waals surface area contributed by atoms with Crippen molar-refractivity contribution >= 4 is 5.82 Å². The lowest BCUT2D eigenvalue weighted by atomic mass is 10.2. The maximum absolute atomic E-state index is 8.84. The van der Waals surface area contributed by atoms with Gasteiger partial charge in [-0.1, -0.05) is 0 Å². The van der Waals surface area contributed by atoms with E-state index in [1.54, 1.807) is 19.2 Å². The Kier molecular flexibility index (Phi) is 6.05. The number of nitriles is 1. The van der Waals surface area contributed by atoms with Crippen LogP contribution in [0.4, 0.5) is 5.82 Å². The number of anilines is 1. The normalized spacial score (nSPS) is 9.94. The molecule has 0 aliphatic heterocycles. The molecule has 1 rings (SSSR count). The molecule has 0 spiro atoms. The van der Waals surface area contributed by atoms with E-state index in [0.29, 0.717) is 5.56 Å². The van der Waals surface area contributed by atoms with Crippen LogP contribution < -0.4 is 5.32 Å². The fourth-order valence-electron chi connectivity index (χ4n) is 1.59. The van der Waals surface area contributed by atoms with Crippen LogP contribution in [-0.4, -0.2) is 25.2 Å². The first-order valence-corrected chi connectivity index (χ1v) is 5.88. The summed E-state index contributed by atoms with van der Waals surface area (Å²) >= 11 is 0.